The maximum absolute atomic E-state index is 12.0. The summed E-state index contributed by atoms with van der Waals surface area (Å²) in [5, 5.41) is 9.35. The number of benzene rings is 2. The Morgan fingerprint density at radius 1 is 0.929 bits per heavy atom. The molecular formula is C22H31IN4O. The second-order valence-corrected chi connectivity index (χ2v) is 7.48. The number of aliphatic imine (C=N–C) groups is 1. The molecule has 0 aliphatic carbocycles. The van der Waals surface area contributed by atoms with E-state index < -0.39 is 0 Å². The normalized spacial score (nSPS) is 11.5. The Balaban J connectivity index is 0.00000392. The molecule has 1 amide bonds. The molecule has 0 spiro atoms. The first kappa shape index (κ1) is 23.9. The number of rotatable bonds is 6. The highest BCUT2D eigenvalue weighted by molar-refractivity contribution is 14.0. The summed E-state index contributed by atoms with van der Waals surface area (Å²) >= 11 is 0. The third-order valence-corrected chi connectivity index (χ3v) is 4.03. The minimum atomic E-state index is -0.249. The van der Waals surface area contributed by atoms with Crippen LogP contribution in [0, 0.1) is 0 Å². The zero-order valence-corrected chi connectivity index (χ0v) is 19.4. The molecule has 2 rings (SSSR count). The van der Waals surface area contributed by atoms with Crippen LogP contribution >= 0.6 is 24.0 Å². The molecule has 28 heavy (non-hydrogen) atoms. The molecule has 0 aliphatic heterocycles. The highest BCUT2D eigenvalue weighted by atomic mass is 127. The molecule has 0 fully saturated rings. The number of amides is 1. The quantitative estimate of drug-likeness (QED) is 0.327. The van der Waals surface area contributed by atoms with Crippen molar-refractivity contribution in [3.63, 3.8) is 0 Å². The lowest BCUT2D eigenvalue weighted by molar-refractivity contribution is -0.121. The maximum atomic E-state index is 12.0. The largest absolute Gasteiger partial charge is 0.355 e. The third-order valence-electron chi connectivity index (χ3n) is 4.03. The highest BCUT2D eigenvalue weighted by Crippen LogP contribution is 2.23. The van der Waals surface area contributed by atoms with Gasteiger partial charge in [0.15, 0.2) is 5.96 Å². The molecule has 0 heterocycles. The Morgan fingerprint density at radius 2 is 1.43 bits per heavy atom. The number of hydrogen-bond donors (Lipinski definition) is 3. The van der Waals surface area contributed by atoms with Crippen LogP contribution in [0.1, 0.15) is 37.8 Å². The van der Waals surface area contributed by atoms with E-state index >= 15 is 0 Å². The number of carbonyl (C=O) groups excluding carboxylic acids is 1. The van der Waals surface area contributed by atoms with Crippen molar-refractivity contribution in [3.05, 3.63) is 71.8 Å². The Morgan fingerprint density at radius 3 is 1.86 bits per heavy atom. The molecule has 0 aliphatic rings. The Labute approximate surface area is 185 Å². The van der Waals surface area contributed by atoms with Crippen LogP contribution in [0.3, 0.4) is 0 Å². The van der Waals surface area contributed by atoms with Crippen LogP contribution in [0.2, 0.25) is 0 Å². The van der Waals surface area contributed by atoms with Crippen molar-refractivity contribution >= 4 is 35.8 Å². The van der Waals surface area contributed by atoms with Gasteiger partial charge in [-0.05, 0) is 31.9 Å². The molecule has 0 saturated carbocycles. The zero-order valence-electron chi connectivity index (χ0n) is 17.0. The predicted octanol–water partition coefficient (Wildman–Crippen LogP) is 3.52. The monoisotopic (exact) mass is 494 g/mol. The molecular weight excluding hydrogens is 463 g/mol. The van der Waals surface area contributed by atoms with Crippen molar-refractivity contribution < 1.29 is 4.79 Å². The van der Waals surface area contributed by atoms with E-state index in [-0.39, 0.29) is 47.9 Å². The van der Waals surface area contributed by atoms with Gasteiger partial charge in [-0.1, -0.05) is 60.7 Å². The number of nitrogens with one attached hydrogen (secondary N) is 3. The Kier molecular flexibility index (Phi) is 9.99. The molecule has 2 aromatic rings. The first-order valence-electron chi connectivity index (χ1n) is 9.24. The van der Waals surface area contributed by atoms with E-state index in [0.29, 0.717) is 12.5 Å². The lowest BCUT2D eigenvalue weighted by Gasteiger charge is -2.22. The van der Waals surface area contributed by atoms with Gasteiger partial charge in [-0.15, -0.1) is 24.0 Å². The van der Waals surface area contributed by atoms with Crippen LogP contribution in [0.25, 0.3) is 0 Å². The number of guanidine groups is 1. The standard InChI is InChI=1S/C22H30N4O.HI/c1-22(2,3)26-20(27)16-25-21(23-4)24-15-19(17-11-7-5-8-12-17)18-13-9-6-10-14-18;/h5-14,19H,15-16H2,1-4H3,(H,26,27)(H2,23,24,25);1H. The predicted molar refractivity (Wildman–Crippen MR) is 127 cm³/mol. The van der Waals surface area contributed by atoms with Crippen molar-refractivity contribution in [1.29, 1.82) is 0 Å². The van der Waals surface area contributed by atoms with Crippen molar-refractivity contribution in [2.75, 3.05) is 20.1 Å². The van der Waals surface area contributed by atoms with Crippen molar-refractivity contribution in [2.24, 2.45) is 4.99 Å². The maximum Gasteiger partial charge on any atom is 0.239 e. The molecule has 0 aromatic heterocycles. The summed E-state index contributed by atoms with van der Waals surface area (Å²) in [5.74, 6) is 0.735. The lowest BCUT2D eigenvalue weighted by atomic mass is 9.91. The minimum Gasteiger partial charge on any atom is -0.355 e. The summed E-state index contributed by atoms with van der Waals surface area (Å²) < 4.78 is 0. The minimum absolute atomic E-state index is 0. The third kappa shape index (κ3) is 8.29. The summed E-state index contributed by atoms with van der Waals surface area (Å²) in [7, 11) is 1.71. The van der Waals surface area contributed by atoms with Crippen LogP contribution in [-0.4, -0.2) is 37.5 Å². The van der Waals surface area contributed by atoms with Crippen molar-refractivity contribution in [1.82, 2.24) is 16.0 Å². The average molecular weight is 494 g/mol. The molecule has 0 bridgehead atoms. The van der Waals surface area contributed by atoms with Gasteiger partial charge in [-0.2, -0.15) is 0 Å². The van der Waals surface area contributed by atoms with Gasteiger partial charge >= 0.3 is 0 Å². The van der Waals surface area contributed by atoms with E-state index in [4.69, 9.17) is 0 Å². The molecule has 2 aromatic carbocycles. The number of carbonyl (C=O) groups is 1. The summed E-state index contributed by atoms with van der Waals surface area (Å²) in [4.78, 5) is 16.2. The second-order valence-electron chi connectivity index (χ2n) is 7.48. The fourth-order valence-corrected chi connectivity index (χ4v) is 2.84. The van der Waals surface area contributed by atoms with Gasteiger partial charge in [0.2, 0.25) is 5.91 Å². The second kappa shape index (κ2) is 11.7. The van der Waals surface area contributed by atoms with E-state index in [1.807, 2.05) is 32.9 Å². The van der Waals surface area contributed by atoms with Crippen LogP contribution in [0.5, 0.6) is 0 Å². The summed E-state index contributed by atoms with van der Waals surface area (Å²) in [6.07, 6.45) is 0. The van der Waals surface area contributed by atoms with Gasteiger partial charge in [0, 0.05) is 25.0 Å². The van der Waals surface area contributed by atoms with Crippen LogP contribution in [0.15, 0.2) is 65.7 Å². The van der Waals surface area contributed by atoms with Gasteiger partial charge in [0.1, 0.15) is 0 Å². The highest BCUT2D eigenvalue weighted by Gasteiger charge is 2.16. The van der Waals surface area contributed by atoms with Crippen LogP contribution < -0.4 is 16.0 Å². The molecule has 152 valence electrons. The zero-order chi connectivity index (χ0) is 19.7. The smallest absolute Gasteiger partial charge is 0.239 e. The molecule has 0 radical (unpaired) electrons. The van der Waals surface area contributed by atoms with Gasteiger partial charge in [0.25, 0.3) is 0 Å². The molecule has 6 heteroatoms. The van der Waals surface area contributed by atoms with Gasteiger partial charge < -0.3 is 16.0 Å². The van der Waals surface area contributed by atoms with E-state index in [0.717, 1.165) is 0 Å². The number of hydrogen-bond acceptors (Lipinski definition) is 2. The van der Waals surface area contributed by atoms with Gasteiger partial charge in [-0.25, -0.2) is 0 Å². The fraction of sp³-hybridized carbons (Fsp3) is 0.364. The first-order valence-corrected chi connectivity index (χ1v) is 9.24. The van der Waals surface area contributed by atoms with E-state index in [1.54, 1.807) is 7.05 Å². The molecule has 3 N–H and O–H groups in total. The molecule has 0 saturated heterocycles. The lowest BCUT2D eigenvalue weighted by Crippen LogP contribution is -2.48. The Bertz CT molecular complexity index is 703. The summed E-state index contributed by atoms with van der Waals surface area (Å²) in [5.41, 5.74) is 2.22. The van der Waals surface area contributed by atoms with Crippen LogP contribution in [0.4, 0.5) is 0 Å². The fourth-order valence-electron chi connectivity index (χ4n) is 2.84. The van der Waals surface area contributed by atoms with Gasteiger partial charge in [-0.3, -0.25) is 9.79 Å². The molecule has 0 atom stereocenters. The van der Waals surface area contributed by atoms with E-state index in [9.17, 15) is 4.79 Å². The van der Waals surface area contributed by atoms with Gasteiger partial charge in [0.05, 0.1) is 6.54 Å². The summed E-state index contributed by atoms with van der Waals surface area (Å²) in [6.45, 7) is 6.74. The van der Waals surface area contributed by atoms with Crippen molar-refractivity contribution in [2.45, 2.75) is 32.2 Å². The molecule has 0 unspecified atom stereocenters. The molecule has 5 nitrogen and oxygen atoms in total. The topological polar surface area (TPSA) is 65.5 Å². The average Bonchev–Trinajstić information content (AvgIpc) is 2.64. The summed E-state index contributed by atoms with van der Waals surface area (Å²) in [6, 6.07) is 20.8. The van der Waals surface area contributed by atoms with Crippen LogP contribution in [-0.2, 0) is 4.79 Å². The number of nitrogens with zero attached hydrogens (tertiary/aromatic N) is 1. The SMILES string of the molecule is CN=C(NCC(=O)NC(C)(C)C)NCC(c1ccccc1)c1ccccc1.I. The van der Waals surface area contributed by atoms with Crippen molar-refractivity contribution in [3.8, 4) is 0 Å². The Hall–Kier alpha value is -2.09. The van der Waals surface area contributed by atoms with E-state index in [1.165, 1.54) is 11.1 Å². The van der Waals surface area contributed by atoms with E-state index in [2.05, 4.69) is 69.5 Å². The first-order chi connectivity index (χ1) is 12.9. The number of halogens is 1.